The molecular weight excluding hydrogens is 572 g/mol. The Morgan fingerprint density at radius 1 is 1.12 bits per heavy atom. The summed E-state index contributed by atoms with van der Waals surface area (Å²) in [5.41, 5.74) is 1.99. The van der Waals surface area contributed by atoms with Crippen LogP contribution in [0.1, 0.15) is 27.0 Å². The van der Waals surface area contributed by atoms with Gasteiger partial charge in [-0.1, -0.05) is 33.6 Å². The summed E-state index contributed by atoms with van der Waals surface area (Å²) < 4.78 is 12.0. The molecule has 3 aromatic carbocycles. The molecule has 0 aromatic heterocycles. The zero-order valence-electron chi connectivity index (χ0n) is 17.5. The molecule has 0 radical (unpaired) electrons. The van der Waals surface area contributed by atoms with E-state index in [2.05, 4.69) is 36.9 Å². The van der Waals surface area contributed by atoms with Crippen molar-refractivity contribution in [3.05, 3.63) is 108 Å². The maximum Gasteiger partial charge on any atom is 0.363 e. The van der Waals surface area contributed by atoms with Crippen LogP contribution in [-0.4, -0.2) is 22.8 Å². The molecule has 1 aliphatic rings. The van der Waals surface area contributed by atoms with Crippen molar-refractivity contribution in [2.75, 3.05) is 0 Å². The lowest BCUT2D eigenvalue weighted by molar-refractivity contribution is -0.384. The van der Waals surface area contributed by atoms with Gasteiger partial charge < -0.3 is 9.47 Å². The second kappa shape index (κ2) is 9.70. The van der Waals surface area contributed by atoms with Crippen LogP contribution < -0.4 is 4.74 Å². The molecular formula is C24H14Br2N2O6. The van der Waals surface area contributed by atoms with Crippen molar-refractivity contribution in [1.29, 1.82) is 0 Å². The van der Waals surface area contributed by atoms with E-state index < -0.39 is 16.9 Å². The number of non-ortho nitro benzene ring substituents is 1. The van der Waals surface area contributed by atoms with Crippen LogP contribution in [0, 0.1) is 17.0 Å². The first-order valence-electron chi connectivity index (χ1n) is 9.76. The largest absolute Gasteiger partial charge is 0.421 e. The van der Waals surface area contributed by atoms with Gasteiger partial charge in [-0.25, -0.2) is 14.6 Å². The quantitative estimate of drug-likeness (QED) is 0.120. The van der Waals surface area contributed by atoms with E-state index in [0.29, 0.717) is 25.6 Å². The first-order chi connectivity index (χ1) is 16.2. The SMILES string of the molecule is Cc1cccc(C(=O)Oc2c(Br)cc(Br)cc2/C=C2\N=C(c3ccc([N+](=O)[O-])cc3)OC2=O)c1. The van der Waals surface area contributed by atoms with Crippen LogP contribution in [0.4, 0.5) is 5.69 Å². The molecule has 1 heterocycles. The summed E-state index contributed by atoms with van der Waals surface area (Å²) in [5, 5.41) is 10.8. The fourth-order valence-corrected chi connectivity index (χ4v) is 4.46. The summed E-state index contributed by atoms with van der Waals surface area (Å²) in [6.07, 6.45) is 1.44. The molecule has 4 rings (SSSR count). The van der Waals surface area contributed by atoms with E-state index in [9.17, 15) is 19.7 Å². The lowest BCUT2D eigenvalue weighted by atomic mass is 10.1. The summed E-state index contributed by atoms with van der Waals surface area (Å²) >= 11 is 6.79. The van der Waals surface area contributed by atoms with Gasteiger partial charge in [0, 0.05) is 27.7 Å². The van der Waals surface area contributed by atoms with Crippen LogP contribution in [-0.2, 0) is 9.53 Å². The van der Waals surface area contributed by atoms with Crippen LogP contribution in [0.2, 0.25) is 0 Å². The minimum atomic E-state index is -0.708. The third-order valence-electron chi connectivity index (χ3n) is 4.72. The molecule has 0 saturated carbocycles. The number of nitro groups is 1. The van der Waals surface area contributed by atoms with Crippen molar-refractivity contribution in [2.24, 2.45) is 4.99 Å². The van der Waals surface area contributed by atoms with E-state index >= 15 is 0 Å². The lowest BCUT2D eigenvalue weighted by Crippen LogP contribution is -2.10. The number of aryl methyl sites for hydroxylation is 1. The smallest absolute Gasteiger partial charge is 0.363 e. The van der Waals surface area contributed by atoms with Gasteiger partial charge in [0.2, 0.25) is 5.90 Å². The highest BCUT2D eigenvalue weighted by molar-refractivity contribution is 9.11. The highest BCUT2D eigenvalue weighted by Gasteiger charge is 2.26. The van der Waals surface area contributed by atoms with Gasteiger partial charge in [0.1, 0.15) is 0 Å². The van der Waals surface area contributed by atoms with Crippen molar-refractivity contribution in [3.63, 3.8) is 0 Å². The molecule has 0 spiro atoms. The Morgan fingerprint density at radius 3 is 2.53 bits per heavy atom. The number of hydrogen-bond donors (Lipinski definition) is 0. The molecule has 8 nitrogen and oxygen atoms in total. The number of cyclic esters (lactones) is 1. The van der Waals surface area contributed by atoms with Crippen LogP contribution in [0.25, 0.3) is 6.08 Å². The maximum absolute atomic E-state index is 12.7. The number of carbonyl (C=O) groups is 2. The second-order valence-corrected chi connectivity index (χ2v) is 8.98. The van der Waals surface area contributed by atoms with Crippen LogP contribution in [0.3, 0.4) is 0 Å². The van der Waals surface area contributed by atoms with Crippen molar-refractivity contribution in [3.8, 4) is 5.75 Å². The minimum Gasteiger partial charge on any atom is -0.421 e. The average molecular weight is 586 g/mol. The molecule has 0 saturated heterocycles. The monoisotopic (exact) mass is 584 g/mol. The number of nitrogens with zero attached hydrogens (tertiary/aromatic N) is 2. The zero-order chi connectivity index (χ0) is 24.4. The summed E-state index contributed by atoms with van der Waals surface area (Å²) in [4.78, 5) is 39.7. The Bertz CT molecular complexity index is 1400. The molecule has 34 heavy (non-hydrogen) atoms. The molecule has 1 aliphatic heterocycles. The zero-order valence-corrected chi connectivity index (χ0v) is 20.6. The van der Waals surface area contributed by atoms with Gasteiger partial charge in [0.05, 0.1) is 15.0 Å². The molecule has 10 heteroatoms. The molecule has 0 amide bonds. The van der Waals surface area contributed by atoms with Crippen molar-refractivity contribution < 1.29 is 24.0 Å². The van der Waals surface area contributed by atoms with Crippen molar-refractivity contribution in [1.82, 2.24) is 0 Å². The summed E-state index contributed by atoms with van der Waals surface area (Å²) in [6.45, 7) is 1.87. The number of esters is 2. The number of ether oxygens (including phenoxy) is 2. The van der Waals surface area contributed by atoms with E-state index in [-0.39, 0.29) is 23.0 Å². The Hall–Kier alpha value is -3.63. The third-order valence-corrected chi connectivity index (χ3v) is 5.77. The fourth-order valence-electron chi connectivity index (χ4n) is 3.12. The highest BCUT2D eigenvalue weighted by atomic mass is 79.9. The molecule has 0 bridgehead atoms. The van der Waals surface area contributed by atoms with Gasteiger partial charge >= 0.3 is 11.9 Å². The average Bonchev–Trinajstić information content (AvgIpc) is 3.16. The van der Waals surface area contributed by atoms with Gasteiger partial charge in [0.25, 0.3) is 5.69 Å². The molecule has 0 N–H and O–H groups in total. The van der Waals surface area contributed by atoms with Gasteiger partial charge in [-0.3, -0.25) is 10.1 Å². The number of halogens is 2. The van der Waals surface area contributed by atoms with Crippen LogP contribution in [0.5, 0.6) is 5.75 Å². The van der Waals surface area contributed by atoms with Gasteiger partial charge in [-0.15, -0.1) is 0 Å². The molecule has 0 aliphatic carbocycles. The Balaban J connectivity index is 1.68. The number of benzene rings is 3. The van der Waals surface area contributed by atoms with E-state index in [1.54, 1.807) is 30.3 Å². The summed E-state index contributed by atoms with van der Waals surface area (Å²) in [6, 6.07) is 15.8. The third kappa shape index (κ3) is 5.13. The number of rotatable bonds is 5. The van der Waals surface area contributed by atoms with Gasteiger partial charge in [0.15, 0.2) is 11.4 Å². The second-order valence-electron chi connectivity index (χ2n) is 7.20. The van der Waals surface area contributed by atoms with Gasteiger partial charge in [-0.05, 0) is 65.3 Å². The summed E-state index contributed by atoms with van der Waals surface area (Å²) in [5.74, 6) is -1.05. The molecule has 0 atom stereocenters. The van der Waals surface area contributed by atoms with Crippen molar-refractivity contribution in [2.45, 2.75) is 6.92 Å². The number of hydrogen-bond acceptors (Lipinski definition) is 7. The molecule has 0 unspecified atom stereocenters. The number of nitro benzene ring substituents is 1. The Morgan fingerprint density at radius 2 is 1.85 bits per heavy atom. The summed E-state index contributed by atoms with van der Waals surface area (Å²) in [7, 11) is 0. The van der Waals surface area contributed by atoms with E-state index in [0.717, 1.165) is 5.56 Å². The normalized spacial score (nSPS) is 14.0. The van der Waals surface area contributed by atoms with Crippen LogP contribution >= 0.6 is 31.9 Å². The Labute approximate surface area is 210 Å². The molecule has 0 fully saturated rings. The number of aliphatic imine (C=N–C) groups is 1. The van der Waals surface area contributed by atoms with E-state index in [4.69, 9.17) is 9.47 Å². The first kappa shape index (κ1) is 23.5. The Kier molecular flexibility index (Phi) is 6.71. The predicted molar refractivity (Wildman–Crippen MR) is 132 cm³/mol. The van der Waals surface area contributed by atoms with Gasteiger partial charge in [-0.2, -0.15) is 0 Å². The first-order valence-corrected chi connectivity index (χ1v) is 11.3. The van der Waals surface area contributed by atoms with Crippen molar-refractivity contribution >= 4 is 61.5 Å². The molecule has 170 valence electrons. The standard InChI is InChI=1S/C24H14Br2N2O6/c1-13-3-2-4-15(9-13)23(29)33-21-16(10-17(25)12-19(21)26)11-20-24(30)34-22(27-20)14-5-7-18(8-6-14)28(31)32/h2-12H,1H3/b20-11-. The fraction of sp³-hybridized carbons (Fsp3) is 0.0417. The minimum absolute atomic E-state index is 0.0125. The lowest BCUT2D eigenvalue weighted by Gasteiger charge is -2.11. The number of carbonyl (C=O) groups excluding carboxylic acids is 2. The van der Waals surface area contributed by atoms with Crippen LogP contribution in [0.15, 0.2) is 80.3 Å². The topological polar surface area (TPSA) is 108 Å². The van der Waals surface area contributed by atoms with E-state index in [1.165, 1.54) is 30.3 Å². The van der Waals surface area contributed by atoms with E-state index in [1.807, 2.05) is 13.0 Å². The highest BCUT2D eigenvalue weighted by Crippen LogP contribution is 2.36. The molecule has 3 aromatic rings. The predicted octanol–water partition coefficient (Wildman–Crippen LogP) is 5.99. The maximum atomic E-state index is 12.7.